The molecule has 0 spiro atoms. The lowest BCUT2D eigenvalue weighted by Gasteiger charge is -2.07. The number of carbonyl (C=O) groups is 1. The normalized spacial score (nSPS) is 11.4. The van der Waals surface area contributed by atoms with Crippen LogP contribution in [0.25, 0.3) is 11.0 Å². The molecule has 1 amide bonds. The summed E-state index contributed by atoms with van der Waals surface area (Å²) >= 11 is 0. The van der Waals surface area contributed by atoms with E-state index in [9.17, 15) is 14.2 Å². The van der Waals surface area contributed by atoms with Gasteiger partial charge in [0.05, 0.1) is 11.7 Å². The van der Waals surface area contributed by atoms with Crippen LogP contribution in [0.4, 0.5) is 4.79 Å². The number of carbonyl (C=O) groups excluding carboxylic acids is 1. The van der Waals surface area contributed by atoms with Gasteiger partial charge >= 0.3 is 19.3 Å². The molecule has 0 aliphatic rings. The van der Waals surface area contributed by atoms with E-state index in [2.05, 4.69) is 5.32 Å². The maximum Gasteiger partial charge on any atom is 0.407 e. The third-order valence-electron chi connectivity index (χ3n) is 2.97. The van der Waals surface area contributed by atoms with E-state index in [1.54, 1.807) is 30.3 Å². The topological polar surface area (TPSA) is 126 Å². The van der Waals surface area contributed by atoms with Gasteiger partial charge in [0.25, 0.3) is 0 Å². The van der Waals surface area contributed by atoms with E-state index < -0.39 is 19.3 Å². The Morgan fingerprint density at radius 3 is 2.78 bits per heavy atom. The molecule has 0 aliphatic heterocycles. The Hall–Kier alpha value is -2.15. The van der Waals surface area contributed by atoms with Gasteiger partial charge in [0.1, 0.15) is 12.2 Å². The standard InChI is InChI=1S/C14H16NO7P/c16-13-11(8-10-4-1-2-5-12(10)22-13)9-21-14(17)15-6-3-7-23(18,19)20/h1-2,4-5,8H,3,6-7,9H2,(H,15,17)(H2,18,19,20). The molecular weight excluding hydrogens is 325 g/mol. The van der Waals surface area contributed by atoms with Crippen LogP contribution >= 0.6 is 7.60 Å². The van der Waals surface area contributed by atoms with Gasteiger partial charge in [-0.3, -0.25) is 4.57 Å². The van der Waals surface area contributed by atoms with Gasteiger partial charge < -0.3 is 24.3 Å². The zero-order chi connectivity index (χ0) is 16.9. The Kier molecular flexibility index (Phi) is 5.54. The second kappa shape index (κ2) is 7.41. The van der Waals surface area contributed by atoms with Gasteiger partial charge in [-0.05, 0) is 18.6 Å². The number of nitrogens with one attached hydrogen (secondary N) is 1. The average molecular weight is 341 g/mol. The van der Waals surface area contributed by atoms with Crippen molar-refractivity contribution in [3.63, 3.8) is 0 Å². The van der Waals surface area contributed by atoms with Crippen molar-refractivity contribution in [3.05, 3.63) is 46.3 Å². The fourth-order valence-corrected chi connectivity index (χ4v) is 2.45. The van der Waals surface area contributed by atoms with Gasteiger partial charge in [-0.15, -0.1) is 0 Å². The van der Waals surface area contributed by atoms with Gasteiger partial charge in [-0.2, -0.15) is 0 Å². The monoisotopic (exact) mass is 341 g/mol. The van der Waals surface area contributed by atoms with Gasteiger partial charge in [0, 0.05) is 11.9 Å². The second-order valence-corrected chi connectivity index (χ2v) is 6.62. The molecule has 8 nitrogen and oxygen atoms in total. The number of ether oxygens (including phenoxy) is 1. The Morgan fingerprint density at radius 1 is 1.30 bits per heavy atom. The number of para-hydroxylation sites is 1. The molecule has 1 aromatic heterocycles. The number of hydrogen-bond donors (Lipinski definition) is 3. The molecule has 1 heterocycles. The van der Waals surface area contributed by atoms with Crippen LogP contribution < -0.4 is 10.9 Å². The molecule has 0 unspecified atom stereocenters. The largest absolute Gasteiger partial charge is 0.444 e. The van der Waals surface area contributed by atoms with Crippen molar-refractivity contribution < 1.29 is 28.3 Å². The predicted molar refractivity (Wildman–Crippen MR) is 82.2 cm³/mol. The van der Waals surface area contributed by atoms with Crippen molar-refractivity contribution in [2.75, 3.05) is 12.7 Å². The lowest BCUT2D eigenvalue weighted by molar-refractivity contribution is 0.138. The number of benzene rings is 1. The summed E-state index contributed by atoms with van der Waals surface area (Å²) in [6.07, 6.45) is -0.970. The van der Waals surface area contributed by atoms with Crippen molar-refractivity contribution in [2.24, 2.45) is 0 Å². The molecule has 0 bridgehead atoms. The molecule has 1 aromatic carbocycles. The van der Waals surface area contributed by atoms with Crippen molar-refractivity contribution in [3.8, 4) is 0 Å². The van der Waals surface area contributed by atoms with Crippen LogP contribution in [0.3, 0.4) is 0 Å². The minimum absolute atomic E-state index is 0.0657. The van der Waals surface area contributed by atoms with Crippen molar-refractivity contribution in [2.45, 2.75) is 13.0 Å². The highest BCUT2D eigenvalue weighted by molar-refractivity contribution is 7.51. The van der Waals surface area contributed by atoms with Crippen LogP contribution in [0, 0.1) is 0 Å². The third-order valence-corrected chi connectivity index (χ3v) is 3.87. The molecule has 9 heteroatoms. The third kappa shape index (κ3) is 5.52. The van der Waals surface area contributed by atoms with Crippen LogP contribution in [0.5, 0.6) is 0 Å². The molecule has 124 valence electrons. The van der Waals surface area contributed by atoms with Crippen molar-refractivity contribution in [1.29, 1.82) is 0 Å². The van der Waals surface area contributed by atoms with Crippen LogP contribution in [0.2, 0.25) is 0 Å². The number of hydrogen-bond acceptors (Lipinski definition) is 5. The van der Waals surface area contributed by atoms with Gasteiger partial charge in [0.15, 0.2) is 0 Å². The van der Waals surface area contributed by atoms with E-state index in [0.717, 1.165) is 0 Å². The van der Waals surface area contributed by atoms with E-state index in [-0.39, 0.29) is 31.3 Å². The summed E-state index contributed by atoms with van der Waals surface area (Å²) in [5.74, 6) is 0. The maximum absolute atomic E-state index is 11.8. The van der Waals surface area contributed by atoms with Crippen LogP contribution in [0.1, 0.15) is 12.0 Å². The summed E-state index contributed by atoms with van der Waals surface area (Å²) in [6.45, 7) is -0.187. The van der Waals surface area contributed by atoms with Crippen LogP contribution in [-0.2, 0) is 15.9 Å². The molecule has 0 fully saturated rings. The summed E-state index contributed by atoms with van der Waals surface area (Å²) in [7, 11) is -4.06. The van der Waals surface area contributed by atoms with E-state index in [1.807, 2.05) is 0 Å². The zero-order valence-corrected chi connectivity index (χ0v) is 13.0. The fourth-order valence-electron chi connectivity index (χ4n) is 1.88. The van der Waals surface area contributed by atoms with Gasteiger partial charge in [-0.1, -0.05) is 18.2 Å². The quantitative estimate of drug-likeness (QED) is 0.414. The molecule has 2 aromatic rings. The van der Waals surface area contributed by atoms with Crippen molar-refractivity contribution >= 4 is 24.7 Å². The zero-order valence-electron chi connectivity index (χ0n) is 12.1. The summed E-state index contributed by atoms with van der Waals surface area (Å²) in [6, 6.07) is 8.55. The lowest BCUT2D eigenvalue weighted by Crippen LogP contribution is -2.26. The Labute approximate surface area is 131 Å². The predicted octanol–water partition coefficient (Wildman–Crippen LogP) is 1.59. The van der Waals surface area contributed by atoms with Crippen LogP contribution in [-0.4, -0.2) is 28.6 Å². The van der Waals surface area contributed by atoms with E-state index in [1.165, 1.54) is 0 Å². The number of alkyl carbamates (subject to hydrolysis) is 1. The number of fused-ring (bicyclic) bond motifs is 1. The highest BCUT2D eigenvalue weighted by Gasteiger charge is 2.12. The van der Waals surface area contributed by atoms with E-state index in [0.29, 0.717) is 11.0 Å². The first-order chi connectivity index (χ1) is 10.8. The first-order valence-corrected chi connectivity index (χ1v) is 8.62. The van der Waals surface area contributed by atoms with E-state index in [4.69, 9.17) is 18.9 Å². The smallest absolute Gasteiger partial charge is 0.407 e. The molecular formula is C14H16NO7P. The summed E-state index contributed by atoms with van der Waals surface area (Å²) in [4.78, 5) is 40.6. The maximum atomic E-state index is 11.8. The van der Waals surface area contributed by atoms with Crippen LogP contribution in [0.15, 0.2) is 39.5 Å². The molecule has 0 saturated heterocycles. The molecule has 0 atom stereocenters. The molecule has 3 N–H and O–H groups in total. The minimum atomic E-state index is -4.06. The molecule has 0 radical (unpaired) electrons. The Bertz CT molecular complexity index is 795. The fraction of sp³-hybridized carbons (Fsp3) is 0.286. The van der Waals surface area contributed by atoms with Gasteiger partial charge in [-0.25, -0.2) is 9.59 Å². The first-order valence-electron chi connectivity index (χ1n) is 6.82. The minimum Gasteiger partial charge on any atom is -0.444 e. The molecule has 0 saturated carbocycles. The SMILES string of the molecule is O=C(NCCCP(=O)(O)O)OCc1cc2ccccc2oc1=O. The average Bonchev–Trinajstić information content (AvgIpc) is 2.48. The summed E-state index contributed by atoms with van der Waals surface area (Å²) in [5.41, 5.74) is 0.0650. The van der Waals surface area contributed by atoms with E-state index >= 15 is 0 Å². The Balaban J connectivity index is 1.86. The molecule has 2 rings (SSSR count). The molecule has 23 heavy (non-hydrogen) atoms. The summed E-state index contributed by atoms with van der Waals surface area (Å²) in [5, 5.41) is 3.06. The lowest BCUT2D eigenvalue weighted by atomic mass is 10.2. The first kappa shape index (κ1) is 17.2. The Morgan fingerprint density at radius 2 is 2.04 bits per heavy atom. The highest BCUT2D eigenvalue weighted by Crippen LogP contribution is 2.34. The number of rotatable bonds is 6. The highest BCUT2D eigenvalue weighted by atomic mass is 31.2. The van der Waals surface area contributed by atoms with Gasteiger partial charge in [0.2, 0.25) is 0 Å². The second-order valence-electron chi connectivity index (χ2n) is 4.84. The number of amides is 1. The molecule has 0 aliphatic carbocycles. The summed E-state index contributed by atoms with van der Waals surface area (Å²) < 4.78 is 20.6. The van der Waals surface area contributed by atoms with Crippen molar-refractivity contribution in [1.82, 2.24) is 5.32 Å².